The molecular weight excluding hydrogens is 418 g/mol. The molecule has 0 aliphatic rings. The van der Waals surface area contributed by atoms with Crippen LogP contribution in [-0.4, -0.2) is 22.1 Å². The monoisotopic (exact) mass is 436 g/mol. The zero-order chi connectivity index (χ0) is 21.3. The van der Waals surface area contributed by atoms with Gasteiger partial charge in [0.1, 0.15) is 25.8 Å². The first-order valence-corrected chi connectivity index (χ1v) is 10.8. The Kier molecular flexibility index (Phi) is 5.78. The molecular formula is C19H18F2N4O2S2. The van der Waals surface area contributed by atoms with Gasteiger partial charge in [0.05, 0.1) is 12.1 Å². The molecule has 2 aromatic carbocycles. The van der Waals surface area contributed by atoms with E-state index in [9.17, 15) is 17.8 Å². The Bertz CT molecular complexity index is 1180. The highest BCUT2D eigenvalue weighted by molar-refractivity contribution is 7.92. The number of nitrogens with two attached hydrogens (primary N) is 1. The molecule has 1 unspecified atom stereocenters. The molecule has 0 aliphatic carbocycles. The van der Waals surface area contributed by atoms with Gasteiger partial charge in [0, 0.05) is 12.6 Å². The summed E-state index contributed by atoms with van der Waals surface area (Å²) in [5.74, 6) is -1.34. The van der Waals surface area contributed by atoms with Crippen LogP contribution in [0, 0.1) is 23.3 Å². The van der Waals surface area contributed by atoms with E-state index in [2.05, 4.69) is 4.98 Å². The average Bonchev–Trinajstić information content (AvgIpc) is 3.06. The minimum atomic E-state index is -3.41. The van der Waals surface area contributed by atoms with E-state index in [0.717, 1.165) is 29.5 Å². The van der Waals surface area contributed by atoms with Gasteiger partial charge in [0.15, 0.2) is 5.13 Å². The van der Waals surface area contributed by atoms with Crippen LogP contribution in [0.3, 0.4) is 0 Å². The molecule has 0 fully saturated rings. The Morgan fingerprint density at radius 1 is 1.24 bits per heavy atom. The van der Waals surface area contributed by atoms with Crippen molar-refractivity contribution < 1.29 is 17.8 Å². The van der Waals surface area contributed by atoms with Gasteiger partial charge in [-0.3, -0.25) is 9.69 Å². The van der Waals surface area contributed by atoms with Crippen LogP contribution in [0.1, 0.15) is 11.3 Å². The van der Waals surface area contributed by atoms with Gasteiger partial charge in [0.25, 0.3) is 0 Å². The summed E-state index contributed by atoms with van der Waals surface area (Å²) in [6.45, 7) is 1.58. The third-order valence-electron chi connectivity index (χ3n) is 4.23. The number of aryl methyl sites for hydroxylation is 1. The molecule has 0 aliphatic heterocycles. The van der Waals surface area contributed by atoms with Crippen molar-refractivity contribution in [3.63, 3.8) is 0 Å². The molecule has 1 amide bonds. The van der Waals surface area contributed by atoms with Crippen LogP contribution in [0.5, 0.6) is 0 Å². The second-order valence-electron chi connectivity index (χ2n) is 6.42. The van der Waals surface area contributed by atoms with Crippen LogP contribution in [0.25, 0.3) is 11.1 Å². The normalized spacial score (nSPS) is 13.1. The molecule has 3 aromatic rings. The van der Waals surface area contributed by atoms with Crippen molar-refractivity contribution in [3.8, 4) is 11.1 Å². The molecule has 1 heterocycles. The molecule has 0 saturated carbocycles. The second kappa shape index (κ2) is 7.97. The fourth-order valence-corrected chi connectivity index (χ4v) is 4.70. The topological polar surface area (TPSA) is 100 Å². The molecule has 29 heavy (non-hydrogen) atoms. The number of thiazole rings is 1. The molecule has 152 valence electrons. The second-order valence-corrected chi connectivity index (χ2v) is 9.27. The molecule has 0 radical (unpaired) electrons. The van der Waals surface area contributed by atoms with Crippen LogP contribution in [0.2, 0.25) is 0 Å². The summed E-state index contributed by atoms with van der Waals surface area (Å²) in [4.78, 5) is 18.1. The highest BCUT2D eigenvalue weighted by Crippen LogP contribution is 2.29. The standard InChI is InChI=1S/C19H18F2N4O2S2/c1-11-18(29(22,23)27)28-19(24-11)25(2)17(26)9-12-3-5-13(6-4-12)15-10-14(20)7-8-16(15)21/h3-8,10H,9H2,1-2H3,(H3,22,23,27). The van der Waals surface area contributed by atoms with Gasteiger partial charge in [-0.2, -0.15) is 0 Å². The molecule has 3 rings (SSSR count). The fraction of sp³-hybridized carbons (Fsp3) is 0.158. The number of benzene rings is 2. The Labute approximate surface area is 171 Å². The molecule has 0 spiro atoms. The maximum Gasteiger partial charge on any atom is 0.232 e. The number of nitrogens with zero attached hydrogens (tertiary/aromatic N) is 2. The lowest BCUT2D eigenvalue weighted by molar-refractivity contribution is -0.117. The minimum absolute atomic E-state index is 0.0508. The number of hydrogen-bond acceptors (Lipinski definition) is 5. The van der Waals surface area contributed by atoms with Gasteiger partial charge < -0.3 is 0 Å². The number of carbonyl (C=O) groups excluding carboxylic acids is 1. The highest BCUT2D eigenvalue weighted by atomic mass is 32.2. The predicted octanol–water partition coefficient (Wildman–Crippen LogP) is 3.88. The molecule has 1 atom stereocenters. The van der Waals surface area contributed by atoms with Crippen molar-refractivity contribution in [2.75, 3.05) is 11.9 Å². The van der Waals surface area contributed by atoms with Gasteiger partial charge >= 0.3 is 0 Å². The number of rotatable bonds is 5. The van der Waals surface area contributed by atoms with E-state index < -0.39 is 21.5 Å². The number of likely N-dealkylation sites (N-methyl/N-ethyl adjacent to an activating group) is 1. The summed E-state index contributed by atoms with van der Waals surface area (Å²) >= 11 is 0.945. The van der Waals surface area contributed by atoms with E-state index >= 15 is 0 Å². The summed E-state index contributed by atoms with van der Waals surface area (Å²) in [7, 11) is -1.88. The Balaban J connectivity index is 1.76. The first-order chi connectivity index (χ1) is 13.6. The smallest absolute Gasteiger partial charge is 0.232 e. The maximum atomic E-state index is 13.9. The molecule has 10 heteroatoms. The summed E-state index contributed by atoms with van der Waals surface area (Å²) < 4.78 is 46.7. The van der Waals surface area contributed by atoms with Gasteiger partial charge in [-0.05, 0) is 36.2 Å². The van der Waals surface area contributed by atoms with Crippen LogP contribution < -0.4 is 10.0 Å². The summed E-state index contributed by atoms with van der Waals surface area (Å²) in [6, 6.07) is 9.81. The number of amides is 1. The number of hydrogen-bond donors (Lipinski definition) is 2. The van der Waals surface area contributed by atoms with Crippen molar-refractivity contribution in [3.05, 3.63) is 65.4 Å². The van der Waals surface area contributed by atoms with E-state index in [4.69, 9.17) is 9.92 Å². The van der Waals surface area contributed by atoms with Gasteiger partial charge in [-0.25, -0.2) is 27.9 Å². The fourth-order valence-electron chi connectivity index (χ4n) is 2.71. The Morgan fingerprint density at radius 2 is 1.90 bits per heavy atom. The van der Waals surface area contributed by atoms with Crippen LogP contribution >= 0.6 is 11.3 Å². The highest BCUT2D eigenvalue weighted by Gasteiger charge is 2.20. The van der Waals surface area contributed by atoms with Crippen molar-refractivity contribution in [2.45, 2.75) is 17.6 Å². The Hall–Kier alpha value is -2.69. The van der Waals surface area contributed by atoms with E-state index in [-0.39, 0.29) is 22.1 Å². The van der Waals surface area contributed by atoms with E-state index in [0.29, 0.717) is 22.0 Å². The van der Waals surface area contributed by atoms with Gasteiger partial charge in [0.2, 0.25) is 5.91 Å². The van der Waals surface area contributed by atoms with Crippen molar-refractivity contribution >= 4 is 32.3 Å². The van der Waals surface area contributed by atoms with Crippen molar-refractivity contribution in [2.24, 2.45) is 5.14 Å². The molecule has 1 aromatic heterocycles. The predicted molar refractivity (Wildman–Crippen MR) is 109 cm³/mol. The third-order valence-corrected chi connectivity index (χ3v) is 7.10. The van der Waals surface area contributed by atoms with Gasteiger partial charge in [-0.1, -0.05) is 35.6 Å². The Morgan fingerprint density at radius 3 is 2.48 bits per heavy atom. The number of nitrogens with one attached hydrogen (secondary N) is 1. The summed E-state index contributed by atoms with van der Waals surface area (Å²) in [5, 5.41) is 5.66. The number of aromatic nitrogens is 1. The van der Waals surface area contributed by atoms with Crippen molar-refractivity contribution in [1.82, 2.24) is 4.98 Å². The van der Waals surface area contributed by atoms with E-state index in [1.165, 1.54) is 11.9 Å². The van der Waals surface area contributed by atoms with Crippen LogP contribution in [0.4, 0.5) is 13.9 Å². The zero-order valence-corrected chi connectivity index (χ0v) is 17.2. The molecule has 3 N–H and O–H groups in total. The summed E-state index contributed by atoms with van der Waals surface area (Å²) in [5.41, 5.74) is 1.68. The lowest BCUT2D eigenvalue weighted by atomic mass is 10.0. The summed E-state index contributed by atoms with van der Waals surface area (Å²) in [6.07, 6.45) is 0.0508. The van der Waals surface area contributed by atoms with E-state index in [1.54, 1.807) is 31.2 Å². The molecule has 0 bridgehead atoms. The van der Waals surface area contributed by atoms with E-state index in [1.807, 2.05) is 0 Å². The zero-order valence-electron chi connectivity index (χ0n) is 15.6. The lowest BCUT2D eigenvalue weighted by Crippen LogP contribution is -2.27. The maximum absolute atomic E-state index is 13.9. The first-order valence-electron chi connectivity index (χ1n) is 8.41. The quantitative estimate of drug-likeness (QED) is 0.635. The van der Waals surface area contributed by atoms with Crippen LogP contribution in [-0.2, 0) is 21.1 Å². The lowest BCUT2D eigenvalue weighted by Gasteiger charge is -2.14. The minimum Gasteiger partial charge on any atom is -0.291 e. The first kappa shape index (κ1) is 21.0. The average molecular weight is 437 g/mol. The SMILES string of the molecule is Cc1nc(N(C)C(=O)Cc2ccc(-c3cc(F)ccc3F)cc2)sc1S(=N)(N)=O. The number of carbonyl (C=O) groups is 1. The number of halogens is 2. The van der Waals surface area contributed by atoms with Crippen LogP contribution in [0.15, 0.2) is 46.7 Å². The molecule has 0 saturated heterocycles. The molecule has 6 nitrogen and oxygen atoms in total. The van der Waals surface area contributed by atoms with Crippen molar-refractivity contribution in [1.29, 1.82) is 4.78 Å². The largest absolute Gasteiger partial charge is 0.291 e. The van der Waals surface area contributed by atoms with Gasteiger partial charge in [-0.15, -0.1) is 0 Å². The third kappa shape index (κ3) is 4.66. The number of anilines is 1.